The third-order valence-electron chi connectivity index (χ3n) is 4.55. The van der Waals surface area contributed by atoms with Crippen LogP contribution >= 0.6 is 0 Å². The normalized spacial score (nSPS) is 20.9. The quantitative estimate of drug-likeness (QED) is 0.801. The molecular weight excluding hydrogens is 413 g/mol. The Morgan fingerprint density at radius 3 is 2.62 bits per heavy atom. The van der Waals surface area contributed by atoms with E-state index in [9.17, 15) is 21.6 Å². The minimum absolute atomic E-state index is 0.0764. The average molecular weight is 428 g/mol. The summed E-state index contributed by atoms with van der Waals surface area (Å²) in [6.45, 7) is 0. The van der Waals surface area contributed by atoms with Gasteiger partial charge >= 0.3 is 6.36 Å². The Kier molecular flexibility index (Phi) is 4.46. The molecule has 2 aliphatic rings. The van der Waals surface area contributed by atoms with Gasteiger partial charge in [0.2, 0.25) is 5.88 Å². The highest BCUT2D eigenvalue weighted by molar-refractivity contribution is 7.90. The first kappa shape index (κ1) is 19.5. The van der Waals surface area contributed by atoms with Crippen molar-refractivity contribution in [3.05, 3.63) is 59.6 Å². The van der Waals surface area contributed by atoms with E-state index in [1.165, 1.54) is 36.5 Å². The molecule has 2 heterocycles. The molecule has 2 aromatic rings. The second-order valence-electron chi connectivity index (χ2n) is 6.68. The van der Waals surface area contributed by atoms with E-state index in [2.05, 4.69) is 15.2 Å². The lowest BCUT2D eigenvalue weighted by molar-refractivity contribution is -0.274. The van der Waals surface area contributed by atoms with Gasteiger partial charge in [-0.05, 0) is 48.2 Å². The van der Waals surface area contributed by atoms with Crippen LogP contribution < -0.4 is 15.0 Å². The number of nitrogens with one attached hydrogen (secondary N) is 1. The fraction of sp³-hybridized carbons (Fsp3) is 0.278. The van der Waals surface area contributed by atoms with Gasteiger partial charge in [-0.2, -0.15) is 0 Å². The summed E-state index contributed by atoms with van der Waals surface area (Å²) in [6.07, 6.45) is 0.263. The van der Waals surface area contributed by atoms with Gasteiger partial charge < -0.3 is 9.47 Å². The smallest absolute Gasteiger partial charge is 0.438 e. The zero-order chi connectivity index (χ0) is 20.9. The average Bonchev–Trinajstić information content (AvgIpc) is 3.18. The predicted octanol–water partition coefficient (Wildman–Crippen LogP) is 2.98. The lowest BCUT2D eigenvalue weighted by Gasteiger charge is -2.20. The maximum Gasteiger partial charge on any atom is 0.573 e. The van der Waals surface area contributed by atoms with Crippen LogP contribution in [0.15, 0.2) is 53.5 Å². The van der Waals surface area contributed by atoms with Crippen LogP contribution in [0, 0.1) is 0 Å². The van der Waals surface area contributed by atoms with Gasteiger partial charge in [0.15, 0.2) is 14.9 Å². The zero-order valence-corrected chi connectivity index (χ0v) is 15.8. The van der Waals surface area contributed by atoms with Crippen molar-refractivity contribution in [2.75, 3.05) is 6.26 Å². The summed E-state index contributed by atoms with van der Waals surface area (Å²) in [5.74, 6) is 0.281. The Labute approximate surface area is 164 Å². The van der Waals surface area contributed by atoms with Crippen LogP contribution in [0.5, 0.6) is 11.5 Å². The van der Waals surface area contributed by atoms with E-state index in [1.54, 1.807) is 6.08 Å². The molecular formula is C18H15F3N2O5S. The minimum atomic E-state index is -4.75. The van der Waals surface area contributed by atoms with Crippen molar-refractivity contribution in [3.63, 3.8) is 0 Å². The van der Waals surface area contributed by atoms with Crippen molar-refractivity contribution < 1.29 is 35.9 Å². The molecule has 1 spiro atoms. The summed E-state index contributed by atoms with van der Waals surface area (Å²) in [6, 6.07) is 6.90. The molecule has 1 aromatic heterocycles. The molecule has 0 radical (unpaired) electrons. The van der Waals surface area contributed by atoms with Gasteiger partial charge in [-0.3, -0.25) is 4.84 Å². The zero-order valence-electron chi connectivity index (χ0n) is 15.0. The van der Waals surface area contributed by atoms with Crippen LogP contribution in [0.3, 0.4) is 0 Å². The molecule has 0 saturated carbocycles. The molecule has 0 saturated heterocycles. The topological polar surface area (TPSA) is 86.8 Å². The molecule has 154 valence electrons. The number of benzene rings is 1. The Bertz CT molecular complexity index is 1080. The van der Waals surface area contributed by atoms with Gasteiger partial charge in [-0.1, -0.05) is 6.07 Å². The first-order chi connectivity index (χ1) is 13.5. The van der Waals surface area contributed by atoms with Crippen LogP contribution in [-0.4, -0.2) is 26.0 Å². The molecule has 0 amide bonds. The van der Waals surface area contributed by atoms with Crippen molar-refractivity contribution in [2.45, 2.75) is 29.8 Å². The SMILES string of the molecule is CS(=O)(=O)c1ccc(OC2=CC3(CCc4cc(OC(F)(F)F)ccc43)ON2)cn1. The van der Waals surface area contributed by atoms with Crippen LogP contribution in [-0.2, 0) is 26.7 Å². The summed E-state index contributed by atoms with van der Waals surface area (Å²) in [7, 11) is -3.42. The Balaban J connectivity index is 1.53. The Hall–Kier alpha value is -2.79. The molecule has 1 N–H and O–H groups in total. The third kappa shape index (κ3) is 4.01. The van der Waals surface area contributed by atoms with Crippen molar-refractivity contribution in [1.82, 2.24) is 10.5 Å². The molecule has 1 aromatic carbocycles. The van der Waals surface area contributed by atoms with Crippen LogP contribution in [0.25, 0.3) is 0 Å². The van der Waals surface area contributed by atoms with E-state index >= 15 is 0 Å². The number of pyridine rings is 1. The van der Waals surface area contributed by atoms with Gasteiger partial charge in [0.05, 0.1) is 6.20 Å². The number of alkyl halides is 3. The minimum Gasteiger partial charge on any atom is -0.438 e. The highest BCUT2D eigenvalue weighted by atomic mass is 32.2. The predicted molar refractivity (Wildman–Crippen MR) is 93.4 cm³/mol. The number of ether oxygens (including phenoxy) is 2. The van der Waals surface area contributed by atoms with Crippen LogP contribution in [0.1, 0.15) is 17.5 Å². The number of aromatic nitrogens is 1. The van der Waals surface area contributed by atoms with Crippen molar-refractivity contribution >= 4 is 9.84 Å². The number of hydrogen-bond donors (Lipinski definition) is 1. The molecule has 0 fully saturated rings. The largest absolute Gasteiger partial charge is 0.573 e. The van der Waals surface area contributed by atoms with Gasteiger partial charge in [0.25, 0.3) is 0 Å². The molecule has 0 bridgehead atoms. The molecule has 1 unspecified atom stereocenters. The van der Waals surface area contributed by atoms with E-state index in [4.69, 9.17) is 9.57 Å². The number of sulfone groups is 1. The third-order valence-corrected chi connectivity index (χ3v) is 5.55. The van der Waals surface area contributed by atoms with Crippen LogP contribution in [0.4, 0.5) is 13.2 Å². The summed E-state index contributed by atoms with van der Waals surface area (Å²) >= 11 is 0. The Morgan fingerprint density at radius 2 is 1.97 bits per heavy atom. The maximum absolute atomic E-state index is 12.4. The summed E-state index contributed by atoms with van der Waals surface area (Å²) < 4.78 is 69.8. The highest BCUT2D eigenvalue weighted by Gasteiger charge is 2.44. The van der Waals surface area contributed by atoms with Gasteiger partial charge in [-0.25, -0.2) is 18.9 Å². The summed E-state index contributed by atoms with van der Waals surface area (Å²) in [5, 5.41) is -0.0764. The fourth-order valence-electron chi connectivity index (χ4n) is 3.33. The van der Waals surface area contributed by atoms with E-state index in [0.29, 0.717) is 29.7 Å². The monoisotopic (exact) mass is 428 g/mol. The lowest BCUT2D eigenvalue weighted by atomic mass is 9.96. The number of nitrogens with zero attached hydrogens (tertiary/aromatic N) is 1. The molecule has 7 nitrogen and oxygen atoms in total. The number of fused-ring (bicyclic) bond motifs is 2. The number of hydroxylamine groups is 1. The first-order valence-electron chi connectivity index (χ1n) is 8.44. The molecule has 4 rings (SSSR count). The first-order valence-corrected chi connectivity index (χ1v) is 10.3. The van der Waals surface area contributed by atoms with Gasteiger partial charge in [0, 0.05) is 12.3 Å². The van der Waals surface area contributed by atoms with Gasteiger partial charge in [0.1, 0.15) is 17.1 Å². The van der Waals surface area contributed by atoms with Crippen LogP contribution in [0.2, 0.25) is 0 Å². The van der Waals surface area contributed by atoms with Crippen molar-refractivity contribution in [2.24, 2.45) is 0 Å². The second kappa shape index (κ2) is 6.63. The summed E-state index contributed by atoms with van der Waals surface area (Å²) in [5.41, 5.74) is 3.18. The number of rotatable bonds is 4. The number of halogens is 3. The molecule has 1 aliphatic heterocycles. The summed E-state index contributed by atoms with van der Waals surface area (Å²) in [4.78, 5) is 9.53. The van der Waals surface area contributed by atoms with E-state index in [-0.39, 0.29) is 16.7 Å². The molecule has 1 atom stereocenters. The molecule has 29 heavy (non-hydrogen) atoms. The Morgan fingerprint density at radius 1 is 1.21 bits per heavy atom. The highest BCUT2D eigenvalue weighted by Crippen LogP contribution is 2.45. The number of hydrogen-bond acceptors (Lipinski definition) is 7. The van der Waals surface area contributed by atoms with Crippen molar-refractivity contribution in [1.29, 1.82) is 0 Å². The molecule has 11 heteroatoms. The number of aryl methyl sites for hydroxylation is 1. The van der Waals surface area contributed by atoms with Gasteiger partial charge in [-0.15, -0.1) is 13.2 Å². The van der Waals surface area contributed by atoms with Crippen molar-refractivity contribution in [3.8, 4) is 11.5 Å². The second-order valence-corrected chi connectivity index (χ2v) is 8.64. The van der Waals surface area contributed by atoms with E-state index in [1.807, 2.05) is 0 Å². The van der Waals surface area contributed by atoms with E-state index < -0.39 is 21.8 Å². The lowest BCUT2D eigenvalue weighted by Crippen LogP contribution is -2.24. The maximum atomic E-state index is 12.4. The fourth-order valence-corrected chi connectivity index (χ4v) is 3.89. The standard InChI is InChI=1S/C18H15F3N2O5S/c1-29(24,25)16-5-3-13(10-22-16)26-15-9-17(28-23-15)7-6-11-8-12(2-4-14(11)17)27-18(19,20)21/h2-5,8-10,23H,6-7H2,1H3. The van der Waals surface area contributed by atoms with E-state index in [0.717, 1.165) is 6.26 Å². The molecule has 1 aliphatic carbocycles.